The number of hydrogen-bond donors (Lipinski definition) is 3. The highest BCUT2D eigenvalue weighted by molar-refractivity contribution is 7.15. The predicted octanol–water partition coefficient (Wildman–Crippen LogP) is 4.18. The van der Waals surface area contributed by atoms with Crippen LogP contribution in [0.25, 0.3) is 10.6 Å². The van der Waals surface area contributed by atoms with Crippen molar-refractivity contribution in [2.75, 3.05) is 31.5 Å². The zero-order valence-electron chi connectivity index (χ0n) is 17.1. The van der Waals surface area contributed by atoms with Gasteiger partial charge in [0.05, 0.1) is 15.9 Å². The first-order valence-corrected chi connectivity index (χ1v) is 11.7. The van der Waals surface area contributed by atoms with Crippen molar-refractivity contribution in [3.63, 3.8) is 0 Å². The van der Waals surface area contributed by atoms with Crippen LogP contribution in [0.3, 0.4) is 0 Å². The smallest absolute Gasteiger partial charge is 0.223 e. The molecule has 160 valence electrons. The first kappa shape index (κ1) is 21.3. The molecule has 2 aromatic rings. The third-order valence-corrected chi connectivity index (χ3v) is 7.02. The van der Waals surface area contributed by atoms with E-state index < -0.39 is 0 Å². The monoisotopic (exact) mass is 445 g/mol. The SMILES string of the molecule is C[C@H]1CNCCN1Cc1ccc(-c2ccnc(NCCC3=CC=C(O)C(Cl)C3)n2)s1. The third-order valence-electron chi connectivity index (χ3n) is 5.55. The maximum atomic E-state index is 9.59. The molecular weight excluding hydrogens is 418 g/mol. The Balaban J connectivity index is 1.34. The highest BCUT2D eigenvalue weighted by Crippen LogP contribution is 2.28. The van der Waals surface area contributed by atoms with E-state index in [0.29, 0.717) is 18.4 Å². The van der Waals surface area contributed by atoms with E-state index in [1.54, 1.807) is 23.6 Å². The second kappa shape index (κ2) is 9.92. The second-order valence-electron chi connectivity index (χ2n) is 7.82. The molecule has 3 N–H and O–H groups in total. The minimum Gasteiger partial charge on any atom is -0.511 e. The summed E-state index contributed by atoms with van der Waals surface area (Å²) in [6, 6.07) is 6.90. The highest BCUT2D eigenvalue weighted by Gasteiger charge is 2.19. The minimum absolute atomic E-state index is 0.242. The Bertz CT molecular complexity index is 928. The normalized spacial score (nSPS) is 22.5. The topological polar surface area (TPSA) is 73.3 Å². The number of piperazine rings is 1. The van der Waals surface area contributed by atoms with Gasteiger partial charge in [0.25, 0.3) is 0 Å². The summed E-state index contributed by atoms with van der Waals surface area (Å²) in [6.07, 6.45) is 6.95. The molecule has 6 nitrogen and oxygen atoms in total. The Labute approximate surface area is 186 Å². The van der Waals surface area contributed by atoms with E-state index in [9.17, 15) is 5.11 Å². The largest absolute Gasteiger partial charge is 0.511 e. The lowest BCUT2D eigenvalue weighted by atomic mass is 10.0. The number of nitrogens with one attached hydrogen (secondary N) is 2. The minimum atomic E-state index is -0.318. The van der Waals surface area contributed by atoms with Crippen molar-refractivity contribution < 1.29 is 5.11 Å². The third kappa shape index (κ3) is 5.40. The van der Waals surface area contributed by atoms with Crippen molar-refractivity contribution in [1.29, 1.82) is 0 Å². The highest BCUT2D eigenvalue weighted by atomic mass is 35.5. The molecule has 3 heterocycles. The summed E-state index contributed by atoms with van der Waals surface area (Å²) < 4.78 is 0. The average molecular weight is 446 g/mol. The fourth-order valence-corrected chi connectivity index (χ4v) is 5.00. The average Bonchev–Trinajstić information content (AvgIpc) is 3.21. The fourth-order valence-electron chi connectivity index (χ4n) is 3.73. The van der Waals surface area contributed by atoms with Gasteiger partial charge in [-0.2, -0.15) is 0 Å². The molecular formula is C22H28ClN5OS. The van der Waals surface area contributed by atoms with Crippen LogP contribution in [0.15, 0.2) is 47.9 Å². The van der Waals surface area contributed by atoms with E-state index in [-0.39, 0.29) is 11.1 Å². The molecule has 4 rings (SSSR count). The van der Waals surface area contributed by atoms with Gasteiger partial charge in [-0.1, -0.05) is 11.6 Å². The van der Waals surface area contributed by atoms with Crippen molar-refractivity contribution in [2.45, 2.75) is 37.7 Å². The van der Waals surface area contributed by atoms with Crippen molar-refractivity contribution in [3.8, 4) is 10.6 Å². The van der Waals surface area contributed by atoms with E-state index in [1.165, 1.54) is 15.3 Å². The van der Waals surface area contributed by atoms with Gasteiger partial charge in [-0.15, -0.1) is 22.9 Å². The second-order valence-corrected chi connectivity index (χ2v) is 9.52. The number of rotatable bonds is 7. The Kier molecular flexibility index (Phi) is 7.04. The molecule has 30 heavy (non-hydrogen) atoms. The van der Waals surface area contributed by atoms with Gasteiger partial charge >= 0.3 is 0 Å². The van der Waals surface area contributed by atoms with Gasteiger partial charge in [-0.3, -0.25) is 4.90 Å². The van der Waals surface area contributed by atoms with E-state index in [1.807, 2.05) is 12.1 Å². The summed E-state index contributed by atoms with van der Waals surface area (Å²) in [5.41, 5.74) is 2.16. The number of hydrogen-bond acceptors (Lipinski definition) is 7. The van der Waals surface area contributed by atoms with Gasteiger partial charge < -0.3 is 15.7 Å². The number of allylic oxidation sites excluding steroid dienone is 3. The summed E-state index contributed by atoms with van der Waals surface area (Å²) >= 11 is 7.91. The van der Waals surface area contributed by atoms with E-state index in [0.717, 1.165) is 44.8 Å². The van der Waals surface area contributed by atoms with Crippen LogP contribution in [0.4, 0.5) is 5.95 Å². The van der Waals surface area contributed by atoms with Gasteiger partial charge in [-0.05, 0) is 44.0 Å². The Morgan fingerprint density at radius 2 is 2.23 bits per heavy atom. The lowest BCUT2D eigenvalue weighted by molar-refractivity contribution is 0.167. The molecule has 0 radical (unpaired) electrons. The zero-order valence-corrected chi connectivity index (χ0v) is 18.7. The summed E-state index contributed by atoms with van der Waals surface area (Å²) in [5.74, 6) is 0.876. The number of halogens is 1. The van der Waals surface area contributed by atoms with Crippen LogP contribution in [0.5, 0.6) is 0 Å². The summed E-state index contributed by atoms with van der Waals surface area (Å²) in [6.45, 7) is 7.20. The van der Waals surface area contributed by atoms with Crippen molar-refractivity contribution in [1.82, 2.24) is 20.2 Å². The van der Waals surface area contributed by atoms with Gasteiger partial charge in [0.15, 0.2) is 0 Å². The molecule has 0 bridgehead atoms. The van der Waals surface area contributed by atoms with Crippen molar-refractivity contribution >= 4 is 28.9 Å². The molecule has 1 unspecified atom stereocenters. The molecule has 0 spiro atoms. The number of anilines is 1. The molecule has 1 fully saturated rings. The molecule has 1 aliphatic carbocycles. The summed E-state index contributed by atoms with van der Waals surface area (Å²) in [5, 5.41) is 16.0. The van der Waals surface area contributed by atoms with E-state index in [2.05, 4.69) is 39.6 Å². The molecule has 0 amide bonds. The van der Waals surface area contributed by atoms with Crippen LogP contribution in [-0.2, 0) is 6.54 Å². The van der Waals surface area contributed by atoms with E-state index in [4.69, 9.17) is 16.6 Å². The van der Waals surface area contributed by atoms with Gasteiger partial charge in [0, 0.05) is 49.8 Å². The molecule has 1 saturated heterocycles. The van der Waals surface area contributed by atoms with Gasteiger partial charge in [0.2, 0.25) is 5.95 Å². The maximum absolute atomic E-state index is 9.59. The van der Waals surface area contributed by atoms with Crippen molar-refractivity contribution in [2.24, 2.45) is 0 Å². The van der Waals surface area contributed by atoms with Crippen LogP contribution in [0, 0.1) is 0 Å². The van der Waals surface area contributed by atoms with Crippen LogP contribution >= 0.6 is 22.9 Å². The van der Waals surface area contributed by atoms with Crippen LogP contribution in [0.1, 0.15) is 24.6 Å². The lowest BCUT2D eigenvalue weighted by Crippen LogP contribution is -2.49. The first-order valence-electron chi connectivity index (χ1n) is 10.4. The fraction of sp³-hybridized carbons (Fsp3) is 0.455. The van der Waals surface area contributed by atoms with Crippen LogP contribution < -0.4 is 10.6 Å². The summed E-state index contributed by atoms with van der Waals surface area (Å²) in [4.78, 5) is 14.1. The Hall–Kier alpha value is -1.93. The zero-order chi connectivity index (χ0) is 20.9. The quantitative estimate of drug-likeness (QED) is 0.555. The van der Waals surface area contributed by atoms with Crippen molar-refractivity contribution in [3.05, 3.63) is 52.8 Å². The molecule has 2 aromatic heterocycles. The molecule has 1 aliphatic heterocycles. The number of aliphatic hydroxyl groups excluding tert-OH is 1. The molecule has 2 atom stereocenters. The molecule has 0 saturated carbocycles. The Morgan fingerprint density at radius 3 is 3.07 bits per heavy atom. The first-order chi connectivity index (χ1) is 14.6. The molecule has 8 heteroatoms. The number of aliphatic hydroxyl groups is 1. The number of thiophene rings is 1. The van der Waals surface area contributed by atoms with Crippen LogP contribution in [0.2, 0.25) is 0 Å². The standard InChI is InChI=1S/C22H28ClN5OS/c1-15-13-24-10-11-28(15)14-17-3-5-21(30-17)19-7-9-26-22(27-19)25-8-6-16-2-4-20(29)18(23)12-16/h2-5,7,9,15,18,24,29H,6,8,10-14H2,1H3,(H,25,26,27)/t15-,18?/m0/s1. The van der Waals surface area contributed by atoms with Gasteiger partial charge in [-0.25, -0.2) is 9.97 Å². The number of alkyl halides is 1. The van der Waals surface area contributed by atoms with E-state index >= 15 is 0 Å². The molecule has 2 aliphatic rings. The lowest BCUT2D eigenvalue weighted by Gasteiger charge is -2.33. The van der Waals surface area contributed by atoms with Gasteiger partial charge in [0.1, 0.15) is 5.76 Å². The van der Waals surface area contributed by atoms with Crippen LogP contribution in [-0.4, -0.2) is 57.6 Å². The number of nitrogens with zero attached hydrogens (tertiary/aromatic N) is 3. The predicted molar refractivity (Wildman–Crippen MR) is 124 cm³/mol. The Morgan fingerprint density at radius 1 is 1.33 bits per heavy atom. The number of aromatic nitrogens is 2. The molecule has 0 aromatic carbocycles. The maximum Gasteiger partial charge on any atom is 0.223 e. The summed E-state index contributed by atoms with van der Waals surface area (Å²) in [7, 11) is 0.